The summed E-state index contributed by atoms with van der Waals surface area (Å²) in [4.78, 5) is 22.1. The van der Waals surface area contributed by atoms with Gasteiger partial charge in [-0.15, -0.1) is 0 Å². The van der Waals surface area contributed by atoms with Crippen molar-refractivity contribution in [1.82, 2.24) is 5.32 Å². The highest BCUT2D eigenvalue weighted by molar-refractivity contribution is 5.95. The van der Waals surface area contributed by atoms with E-state index in [1.807, 2.05) is 0 Å². The van der Waals surface area contributed by atoms with Crippen molar-refractivity contribution in [2.75, 3.05) is 13.7 Å². The molecule has 0 aromatic carbocycles. The van der Waals surface area contributed by atoms with Crippen LogP contribution in [0.3, 0.4) is 0 Å². The fraction of sp³-hybridized carbons (Fsp3) is 0.400. The van der Waals surface area contributed by atoms with Crippen LogP contribution in [0.25, 0.3) is 0 Å². The number of carbonyl (C=O) groups is 2. The van der Waals surface area contributed by atoms with Crippen LogP contribution in [-0.2, 0) is 4.74 Å². The summed E-state index contributed by atoms with van der Waals surface area (Å²) in [6.45, 7) is 2.14. The average Bonchev–Trinajstić information content (AvgIpc) is 2.66. The predicted molar refractivity (Wildman–Crippen MR) is 54.5 cm³/mol. The summed E-state index contributed by atoms with van der Waals surface area (Å²) >= 11 is 0. The highest BCUT2D eigenvalue weighted by Gasteiger charge is 2.16. The molecular formula is C10H13NO5. The number of ether oxygens (including phenoxy) is 1. The Balaban J connectivity index is 2.62. The first-order valence-electron chi connectivity index (χ1n) is 4.66. The zero-order valence-corrected chi connectivity index (χ0v) is 9.02. The maximum atomic E-state index is 11.5. The molecule has 0 saturated carbocycles. The van der Waals surface area contributed by atoms with Crippen LogP contribution in [0.15, 0.2) is 16.7 Å². The lowest BCUT2D eigenvalue weighted by Gasteiger charge is -2.10. The number of hydrogen-bond acceptors (Lipinski definition) is 4. The van der Waals surface area contributed by atoms with Crippen molar-refractivity contribution in [3.05, 3.63) is 23.7 Å². The van der Waals surface area contributed by atoms with Gasteiger partial charge in [-0.1, -0.05) is 0 Å². The second-order valence-electron chi connectivity index (χ2n) is 3.33. The highest BCUT2D eigenvalue weighted by Crippen LogP contribution is 2.07. The van der Waals surface area contributed by atoms with Crippen molar-refractivity contribution in [3.8, 4) is 0 Å². The molecule has 6 heteroatoms. The first-order chi connectivity index (χ1) is 7.54. The molecule has 1 amide bonds. The fourth-order valence-corrected chi connectivity index (χ4v) is 1.15. The van der Waals surface area contributed by atoms with E-state index in [4.69, 9.17) is 14.3 Å². The van der Waals surface area contributed by atoms with Crippen LogP contribution in [0, 0.1) is 0 Å². The third-order valence-corrected chi connectivity index (χ3v) is 1.86. The number of hydrogen-bond donors (Lipinski definition) is 2. The summed E-state index contributed by atoms with van der Waals surface area (Å²) in [5.41, 5.74) is -0.0513. The van der Waals surface area contributed by atoms with E-state index in [2.05, 4.69) is 5.32 Å². The number of carbonyl (C=O) groups excluding carboxylic acids is 1. The SMILES string of the molecule is COC[C@@H](C)NC(=O)c1cc(C(=O)O)co1. The maximum absolute atomic E-state index is 11.5. The van der Waals surface area contributed by atoms with Crippen LogP contribution >= 0.6 is 0 Å². The Hall–Kier alpha value is -1.82. The van der Waals surface area contributed by atoms with E-state index in [0.717, 1.165) is 6.26 Å². The molecule has 0 aliphatic carbocycles. The minimum Gasteiger partial charge on any atom is -0.478 e. The van der Waals surface area contributed by atoms with Gasteiger partial charge in [0, 0.05) is 19.2 Å². The van der Waals surface area contributed by atoms with Gasteiger partial charge in [-0.25, -0.2) is 4.79 Å². The predicted octanol–water partition coefficient (Wildman–Crippen LogP) is 0.742. The summed E-state index contributed by atoms with van der Waals surface area (Å²) in [5.74, 6) is -1.62. The number of amides is 1. The van der Waals surface area contributed by atoms with Gasteiger partial charge in [-0.2, -0.15) is 0 Å². The number of nitrogens with one attached hydrogen (secondary N) is 1. The molecule has 0 saturated heterocycles. The molecule has 1 atom stereocenters. The minimum atomic E-state index is -1.13. The molecule has 0 spiro atoms. The molecular weight excluding hydrogens is 214 g/mol. The summed E-state index contributed by atoms with van der Waals surface area (Å²) < 4.78 is 9.68. The van der Waals surface area contributed by atoms with Gasteiger partial charge in [0.15, 0.2) is 5.76 Å². The number of carboxylic acid groups (broad SMARTS) is 1. The van der Waals surface area contributed by atoms with E-state index in [1.165, 1.54) is 13.2 Å². The molecule has 1 rings (SSSR count). The van der Waals surface area contributed by atoms with Crippen molar-refractivity contribution in [1.29, 1.82) is 0 Å². The molecule has 16 heavy (non-hydrogen) atoms. The lowest BCUT2D eigenvalue weighted by Crippen LogP contribution is -2.35. The van der Waals surface area contributed by atoms with Gasteiger partial charge in [0.05, 0.1) is 12.2 Å². The lowest BCUT2D eigenvalue weighted by atomic mass is 10.3. The van der Waals surface area contributed by atoms with E-state index < -0.39 is 11.9 Å². The minimum absolute atomic E-state index is 0.0275. The number of aromatic carboxylic acids is 1. The van der Waals surface area contributed by atoms with Crippen molar-refractivity contribution >= 4 is 11.9 Å². The lowest BCUT2D eigenvalue weighted by molar-refractivity contribution is 0.0695. The average molecular weight is 227 g/mol. The molecule has 0 unspecified atom stereocenters. The van der Waals surface area contributed by atoms with E-state index in [-0.39, 0.29) is 17.4 Å². The van der Waals surface area contributed by atoms with Crippen LogP contribution in [0.1, 0.15) is 27.8 Å². The number of methoxy groups -OCH3 is 1. The van der Waals surface area contributed by atoms with Gasteiger partial charge in [0.25, 0.3) is 5.91 Å². The molecule has 0 aliphatic rings. The van der Waals surface area contributed by atoms with Gasteiger partial charge in [0.2, 0.25) is 0 Å². The second-order valence-corrected chi connectivity index (χ2v) is 3.33. The topological polar surface area (TPSA) is 88.8 Å². The molecule has 1 aromatic rings. The fourth-order valence-electron chi connectivity index (χ4n) is 1.15. The quantitative estimate of drug-likeness (QED) is 0.774. The molecule has 1 heterocycles. The van der Waals surface area contributed by atoms with Crippen LogP contribution in [0.2, 0.25) is 0 Å². The normalized spacial score (nSPS) is 12.1. The number of rotatable bonds is 5. The Labute approximate surface area is 92.2 Å². The molecule has 0 fully saturated rings. The van der Waals surface area contributed by atoms with Gasteiger partial charge in [-0.3, -0.25) is 4.79 Å². The first kappa shape index (κ1) is 12.3. The Morgan fingerprint density at radius 1 is 1.62 bits per heavy atom. The smallest absolute Gasteiger partial charge is 0.338 e. The third-order valence-electron chi connectivity index (χ3n) is 1.86. The Morgan fingerprint density at radius 3 is 2.81 bits per heavy atom. The molecule has 1 aromatic heterocycles. The van der Waals surface area contributed by atoms with Crippen molar-refractivity contribution in [2.45, 2.75) is 13.0 Å². The van der Waals surface area contributed by atoms with Crippen molar-refractivity contribution in [2.24, 2.45) is 0 Å². The Morgan fingerprint density at radius 2 is 2.31 bits per heavy atom. The summed E-state index contributed by atoms with van der Waals surface area (Å²) in [6.07, 6.45) is 1.03. The highest BCUT2D eigenvalue weighted by atomic mass is 16.5. The first-order valence-corrected chi connectivity index (χ1v) is 4.66. The van der Waals surface area contributed by atoms with Gasteiger partial charge in [-0.05, 0) is 6.92 Å². The van der Waals surface area contributed by atoms with Crippen molar-refractivity contribution < 1.29 is 23.8 Å². The van der Waals surface area contributed by atoms with Gasteiger partial charge < -0.3 is 19.6 Å². The zero-order valence-electron chi connectivity index (χ0n) is 9.02. The van der Waals surface area contributed by atoms with E-state index in [1.54, 1.807) is 6.92 Å². The molecule has 2 N–H and O–H groups in total. The molecule has 88 valence electrons. The molecule has 0 aliphatic heterocycles. The van der Waals surface area contributed by atoms with Crippen LogP contribution in [-0.4, -0.2) is 36.7 Å². The third kappa shape index (κ3) is 3.09. The van der Waals surface area contributed by atoms with Crippen LogP contribution in [0.4, 0.5) is 0 Å². The number of furan rings is 1. The molecule has 0 bridgehead atoms. The summed E-state index contributed by atoms with van der Waals surface area (Å²) in [7, 11) is 1.53. The summed E-state index contributed by atoms with van der Waals surface area (Å²) in [6, 6.07) is 1.01. The van der Waals surface area contributed by atoms with Crippen LogP contribution in [0.5, 0.6) is 0 Å². The Kier molecular flexibility index (Phi) is 4.07. The Bertz CT molecular complexity index is 384. The second kappa shape index (κ2) is 5.32. The zero-order chi connectivity index (χ0) is 12.1. The van der Waals surface area contributed by atoms with Gasteiger partial charge in [0.1, 0.15) is 6.26 Å². The van der Waals surface area contributed by atoms with E-state index in [9.17, 15) is 9.59 Å². The van der Waals surface area contributed by atoms with E-state index >= 15 is 0 Å². The van der Waals surface area contributed by atoms with Crippen LogP contribution < -0.4 is 5.32 Å². The number of carboxylic acids is 1. The largest absolute Gasteiger partial charge is 0.478 e. The van der Waals surface area contributed by atoms with E-state index in [0.29, 0.717) is 6.61 Å². The molecule has 6 nitrogen and oxygen atoms in total. The molecule has 0 radical (unpaired) electrons. The van der Waals surface area contributed by atoms with Gasteiger partial charge >= 0.3 is 5.97 Å². The standard InChI is InChI=1S/C10H13NO5/c1-6(4-15-2)11-9(12)8-3-7(5-16-8)10(13)14/h3,5-6H,4H2,1-2H3,(H,11,12)(H,13,14)/t6-/m1/s1. The summed E-state index contributed by atoms with van der Waals surface area (Å²) in [5, 5.41) is 11.2. The monoisotopic (exact) mass is 227 g/mol. The maximum Gasteiger partial charge on any atom is 0.338 e. The van der Waals surface area contributed by atoms with Crippen molar-refractivity contribution in [3.63, 3.8) is 0 Å².